The Bertz CT molecular complexity index is 411. The first kappa shape index (κ1) is 12.0. The van der Waals surface area contributed by atoms with Crippen molar-refractivity contribution in [2.45, 2.75) is 31.7 Å². The number of nitrogens with one attached hydrogen (secondary N) is 1. The van der Waals surface area contributed by atoms with Gasteiger partial charge in [0.1, 0.15) is 18.1 Å². The maximum atomic E-state index is 10.4. The summed E-state index contributed by atoms with van der Waals surface area (Å²) in [4.78, 5) is 10.4. The minimum Gasteiger partial charge on any atom is -0.351 e. The van der Waals surface area contributed by atoms with E-state index in [1.54, 1.807) is 0 Å². The fourth-order valence-electron chi connectivity index (χ4n) is 2.13. The van der Waals surface area contributed by atoms with Crippen LogP contribution in [0.15, 0.2) is 42.5 Å². The Hall–Kier alpha value is -1.45. The minimum absolute atomic E-state index is 0.0256. The second-order valence-electron chi connectivity index (χ2n) is 4.65. The minimum atomic E-state index is -0.377. The first-order valence-electron chi connectivity index (χ1n) is 5.75. The Labute approximate surface area is 101 Å². The third-order valence-electron chi connectivity index (χ3n) is 2.79. The molecule has 1 aliphatic heterocycles. The molecule has 1 heterocycles. The van der Waals surface area contributed by atoms with E-state index in [0.717, 1.165) is 11.8 Å². The number of carbonyl (C=O) groups is 1. The Morgan fingerprint density at radius 2 is 2.00 bits per heavy atom. The van der Waals surface area contributed by atoms with Crippen LogP contribution in [0.4, 0.5) is 0 Å². The second kappa shape index (κ2) is 4.82. The van der Waals surface area contributed by atoms with Gasteiger partial charge in [0.05, 0.1) is 6.04 Å². The second-order valence-corrected chi connectivity index (χ2v) is 4.65. The van der Waals surface area contributed by atoms with Gasteiger partial charge in [0, 0.05) is 0 Å². The molecule has 3 nitrogen and oxygen atoms in total. The van der Waals surface area contributed by atoms with Crippen LogP contribution in [0.3, 0.4) is 0 Å². The summed E-state index contributed by atoms with van der Waals surface area (Å²) in [6.07, 6.45) is 4.09. The molecule has 1 saturated heterocycles. The van der Waals surface area contributed by atoms with E-state index in [2.05, 4.69) is 5.32 Å². The van der Waals surface area contributed by atoms with Crippen molar-refractivity contribution in [2.24, 2.45) is 0 Å². The molecular weight excluding hydrogens is 214 g/mol. The SMILES string of the molecule is CC1(C)N[C@H](/C=C/C=O)C(c2ccccc2)O1. The number of carbonyl (C=O) groups excluding carboxylic acids is 1. The molecule has 17 heavy (non-hydrogen) atoms. The zero-order valence-electron chi connectivity index (χ0n) is 10.1. The topological polar surface area (TPSA) is 38.3 Å². The molecule has 0 amide bonds. The van der Waals surface area contributed by atoms with E-state index in [0.29, 0.717) is 0 Å². The largest absolute Gasteiger partial charge is 0.351 e. The highest BCUT2D eigenvalue weighted by atomic mass is 16.5. The highest BCUT2D eigenvalue weighted by molar-refractivity contribution is 5.64. The normalized spacial score (nSPS) is 27.4. The number of hydrogen-bond acceptors (Lipinski definition) is 3. The summed E-state index contributed by atoms with van der Waals surface area (Å²) in [5, 5.41) is 3.35. The van der Waals surface area contributed by atoms with Crippen molar-refractivity contribution in [3.63, 3.8) is 0 Å². The van der Waals surface area contributed by atoms with Gasteiger partial charge in [-0.05, 0) is 25.5 Å². The Kier molecular flexibility index (Phi) is 3.41. The maximum absolute atomic E-state index is 10.4. The molecule has 2 atom stereocenters. The van der Waals surface area contributed by atoms with E-state index in [-0.39, 0.29) is 17.9 Å². The summed E-state index contributed by atoms with van der Waals surface area (Å²) >= 11 is 0. The molecule has 0 aromatic heterocycles. The van der Waals surface area contributed by atoms with Gasteiger partial charge in [-0.25, -0.2) is 0 Å². The van der Waals surface area contributed by atoms with E-state index in [1.807, 2.05) is 50.3 Å². The molecule has 0 spiro atoms. The fraction of sp³-hybridized carbons (Fsp3) is 0.357. The van der Waals surface area contributed by atoms with E-state index < -0.39 is 0 Å². The predicted octanol–water partition coefficient (Wildman–Crippen LogP) is 2.21. The van der Waals surface area contributed by atoms with Gasteiger partial charge >= 0.3 is 0 Å². The molecule has 0 aliphatic carbocycles. The van der Waals surface area contributed by atoms with Crippen molar-refractivity contribution >= 4 is 6.29 Å². The zero-order valence-corrected chi connectivity index (χ0v) is 10.1. The molecule has 1 aliphatic rings. The van der Waals surface area contributed by atoms with Gasteiger partial charge in [0.25, 0.3) is 0 Å². The van der Waals surface area contributed by atoms with Gasteiger partial charge in [-0.3, -0.25) is 10.1 Å². The summed E-state index contributed by atoms with van der Waals surface area (Å²) in [7, 11) is 0. The average molecular weight is 231 g/mol. The monoisotopic (exact) mass is 231 g/mol. The van der Waals surface area contributed by atoms with Crippen LogP contribution in [-0.4, -0.2) is 18.1 Å². The summed E-state index contributed by atoms with van der Waals surface area (Å²) in [5.41, 5.74) is 0.740. The molecule has 0 saturated carbocycles. The molecule has 2 rings (SSSR count). The van der Waals surface area contributed by atoms with Crippen LogP contribution in [0, 0.1) is 0 Å². The average Bonchev–Trinajstić information content (AvgIpc) is 2.63. The molecule has 1 aromatic carbocycles. The van der Waals surface area contributed by atoms with Crippen molar-refractivity contribution < 1.29 is 9.53 Å². The molecule has 1 unspecified atom stereocenters. The lowest BCUT2D eigenvalue weighted by Gasteiger charge is -2.18. The summed E-state index contributed by atoms with van der Waals surface area (Å²) in [6.45, 7) is 3.97. The number of benzene rings is 1. The number of hydrogen-bond donors (Lipinski definition) is 1. The molecule has 0 radical (unpaired) electrons. The zero-order chi connectivity index (χ0) is 12.3. The van der Waals surface area contributed by atoms with Gasteiger partial charge in [-0.2, -0.15) is 0 Å². The van der Waals surface area contributed by atoms with Crippen molar-refractivity contribution in [3.05, 3.63) is 48.0 Å². The lowest BCUT2D eigenvalue weighted by molar-refractivity contribution is -0.104. The molecule has 0 bridgehead atoms. The van der Waals surface area contributed by atoms with Crippen LogP contribution in [-0.2, 0) is 9.53 Å². The first-order chi connectivity index (χ1) is 8.12. The number of aldehydes is 1. The lowest BCUT2D eigenvalue weighted by Crippen LogP contribution is -2.37. The van der Waals surface area contributed by atoms with Crippen LogP contribution < -0.4 is 5.32 Å². The molecule has 1 fully saturated rings. The van der Waals surface area contributed by atoms with Crippen LogP contribution in [0.5, 0.6) is 0 Å². The van der Waals surface area contributed by atoms with Crippen molar-refractivity contribution in [1.82, 2.24) is 5.32 Å². The van der Waals surface area contributed by atoms with Crippen LogP contribution in [0.1, 0.15) is 25.5 Å². The van der Waals surface area contributed by atoms with Gasteiger partial charge in [0.2, 0.25) is 0 Å². The smallest absolute Gasteiger partial charge is 0.142 e. The van der Waals surface area contributed by atoms with Crippen molar-refractivity contribution in [3.8, 4) is 0 Å². The first-order valence-corrected chi connectivity index (χ1v) is 5.75. The van der Waals surface area contributed by atoms with Gasteiger partial charge in [-0.1, -0.05) is 36.4 Å². The van der Waals surface area contributed by atoms with E-state index in [4.69, 9.17) is 4.74 Å². The van der Waals surface area contributed by atoms with Crippen LogP contribution in [0.25, 0.3) is 0 Å². The van der Waals surface area contributed by atoms with E-state index in [9.17, 15) is 4.79 Å². The third kappa shape index (κ3) is 2.81. The Morgan fingerprint density at radius 3 is 2.65 bits per heavy atom. The number of ether oxygens (including phenoxy) is 1. The quantitative estimate of drug-likeness (QED) is 0.640. The van der Waals surface area contributed by atoms with E-state index >= 15 is 0 Å². The number of rotatable bonds is 3. The lowest BCUT2D eigenvalue weighted by atomic mass is 10.0. The van der Waals surface area contributed by atoms with Crippen LogP contribution >= 0.6 is 0 Å². The van der Waals surface area contributed by atoms with Gasteiger partial charge < -0.3 is 4.74 Å². The van der Waals surface area contributed by atoms with Crippen LogP contribution in [0.2, 0.25) is 0 Å². The predicted molar refractivity (Wildman–Crippen MR) is 66.5 cm³/mol. The van der Waals surface area contributed by atoms with E-state index in [1.165, 1.54) is 6.08 Å². The summed E-state index contributed by atoms with van der Waals surface area (Å²) < 4.78 is 5.97. The van der Waals surface area contributed by atoms with Crippen molar-refractivity contribution in [2.75, 3.05) is 0 Å². The molecule has 1 N–H and O–H groups in total. The fourth-order valence-corrected chi connectivity index (χ4v) is 2.13. The third-order valence-corrected chi connectivity index (χ3v) is 2.79. The van der Waals surface area contributed by atoms with Gasteiger partial charge in [-0.15, -0.1) is 0 Å². The highest BCUT2D eigenvalue weighted by Crippen LogP contribution is 2.33. The van der Waals surface area contributed by atoms with Crippen molar-refractivity contribution in [1.29, 1.82) is 0 Å². The molecule has 1 aromatic rings. The molecule has 3 heteroatoms. The Morgan fingerprint density at radius 1 is 1.29 bits per heavy atom. The maximum Gasteiger partial charge on any atom is 0.142 e. The number of allylic oxidation sites excluding steroid dienone is 1. The molecular formula is C14H17NO2. The van der Waals surface area contributed by atoms with Gasteiger partial charge in [0.15, 0.2) is 0 Å². The summed E-state index contributed by atoms with van der Waals surface area (Å²) in [5.74, 6) is 0. The summed E-state index contributed by atoms with van der Waals surface area (Å²) in [6, 6.07) is 10.1. The Balaban J connectivity index is 2.24. The molecule has 90 valence electrons. The highest BCUT2D eigenvalue weighted by Gasteiger charge is 2.38. The standard InChI is InChI=1S/C14H17NO2/c1-14(2)15-12(9-6-10-16)13(17-14)11-7-4-3-5-8-11/h3-10,12-13,15H,1-2H3/b9-6+/t12-,13?/m1/s1.